The Kier molecular flexibility index (Phi) is 6.22. The molecule has 7 nitrogen and oxygen atoms in total. The number of carbonyl (C=O) groups is 2. The van der Waals surface area contributed by atoms with Crippen LogP contribution >= 0.6 is 0 Å². The molecule has 1 N–H and O–H groups in total. The van der Waals surface area contributed by atoms with Gasteiger partial charge in [-0.3, -0.25) is 19.7 Å². The van der Waals surface area contributed by atoms with Crippen LogP contribution in [0.3, 0.4) is 0 Å². The first kappa shape index (κ1) is 18.1. The number of rotatable bonds is 7. The number of hydrogen-bond acceptors (Lipinski definition) is 5. The molecular weight excluding hydrogens is 324 g/mol. The molecular formula is C18H18N2O5. The Hall–Kier alpha value is -3.22. The number of hydrogen-bond donors (Lipinski definition) is 1. The van der Waals surface area contributed by atoms with E-state index in [0.29, 0.717) is 0 Å². The maximum atomic E-state index is 11.8. The molecule has 0 aliphatic rings. The number of nitro benzene ring substituents is 1. The minimum atomic E-state index is -0.555. The van der Waals surface area contributed by atoms with Crippen molar-refractivity contribution in [2.24, 2.45) is 0 Å². The predicted molar refractivity (Wildman–Crippen MR) is 92.2 cm³/mol. The number of non-ortho nitro benzene ring substituents is 1. The lowest BCUT2D eigenvalue weighted by Gasteiger charge is -2.11. The van der Waals surface area contributed by atoms with Gasteiger partial charge in [0, 0.05) is 17.8 Å². The first-order chi connectivity index (χ1) is 12.0. The zero-order valence-corrected chi connectivity index (χ0v) is 13.7. The van der Waals surface area contributed by atoms with E-state index in [2.05, 4.69) is 5.32 Å². The van der Waals surface area contributed by atoms with Gasteiger partial charge in [0.05, 0.1) is 11.3 Å². The van der Waals surface area contributed by atoms with Gasteiger partial charge in [0.2, 0.25) is 0 Å². The highest BCUT2D eigenvalue weighted by Gasteiger charge is 2.14. The molecule has 1 amide bonds. The maximum absolute atomic E-state index is 11.8. The van der Waals surface area contributed by atoms with Crippen LogP contribution in [0.25, 0.3) is 0 Å². The van der Waals surface area contributed by atoms with E-state index in [1.165, 1.54) is 24.3 Å². The summed E-state index contributed by atoms with van der Waals surface area (Å²) in [7, 11) is 0. The van der Waals surface area contributed by atoms with E-state index in [1.807, 2.05) is 37.3 Å². The SMILES string of the molecule is CC(CC(=O)OCC(=O)Nc1cccc([N+](=O)[O-])c1)c1ccccc1. The summed E-state index contributed by atoms with van der Waals surface area (Å²) in [6.07, 6.45) is 0.161. The Morgan fingerprint density at radius 1 is 1.16 bits per heavy atom. The minimum Gasteiger partial charge on any atom is -0.456 e. The predicted octanol–water partition coefficient (Wildman–Crippen LogP) is 3.27. The standard InChI is InChI=1S/C18H18N2O5/c1-13(14-6-3-2-4-7-14)10-18(22)25-12-17(21)19-15-8-5-9-16(11-15)20(23)24/h2-9,11,13H,10,12H2,1H3,(H,19,21). The van der Waals surface area contributed by atoms with E-state index < -0.39 is 23.4 Å². The molecule has 0 spiro atoms. The zero-order chi connectivity index (χ0) is 18.2. The van der Waals surface area contributed by atoms with E-state index in [1.54, 1.807) is 0 Å². The highest BCUT2D eigenvalue weighted by molar-refractivity contribution is 5.93. The van der Waals surface area contributed by atoms with Crippen molar-refractivity contribution < 1.29 is 19.2 Å². The maximum Gasteiger partial charge on any atom is 0.306 e. The van der Waals surface area contributed by atoms with Crippen molar-refractivity contribution in [1.29, 1.82) is 0 Å². The highest BCUT2D eigenvalue weighted by Crippen LogP contribution is 2.19. The highest BCUT2D eigenvalue weighted by atomic mass is 16.6. The molecule has 0 saturated carbocycles. The van der Waals surface area contributed by atoms with Crippen LogP contribution in [0.5, 0.6) is 0 Å². The molecule has 0 aromatic heterocycles. The lowest BCUT2D eigenvalue weighted by molar-refractivity contribution is -0.384. The van der Waals surface area contributed by atoms with Crippen molar-refractivity contribution in [3.05, 3.63) is 70.3 Å². The lowest BCUT2D eigenvalue weighted by atomic mass is 9.98. The summed E-state index contributed by atoms with van der Waals surface area (Å²) in [5, 5.41) is 13.2. The van der Waals surface area contributed by atoms with Crippen LogP contribution in [0.1, 0.15) is 24.8 Å². The molecule has 1 unspecified atom stereocenters. The van der Waals surface area contributed by atoms with Crippen LogP contribution in [-0.4, -0.2) is 23.4 Å². The topological polar surface area (TPSA) is 98.5 Å². The Labute approximate surface area is 144 Å². The van der Waals surface area contributed by atoms with E-state index in [0.717, 1.165) is 5.56 Å². The van der Waals surface area contributed by atoms with Gasteiger partial charge in [-0.15, -0.1) is 0 Å². The molecule has 0 fully saturated rings. The molecule has 0 radical (unpaired) electrons. The van der Waals surface area contributed by atoms with Crippen LogP contribution in [-0.2, 0) is 14.3 Å². The molecule has 0 aliphatic carbocycles. The Balaban J connectivity index is 1.80. The smallest absolute Gasteiger partial charge is 0.306 e. The van der Waals surface area contributed by atoms with Gasteiger partial charge in [-0.2, -0.15) is 0 Å². The first-order valence-corrected chi connectivity index (χ1v) is 7.70. The normalized spacial score (nSPS) is 11.4. The number of nitro groups is 1. The second kappa shape index (κ2) is 8.58. The van der Waals surface area contributed by atoms with Crippen LogP contribution in [0.4, 0.5) is 11.4 Å². The van der Waals surface area contributed by atoms with Crippen molar-refractivity contribution >= 4 is 23.3 Å². The molecule has 2 aromatic rings. The van der Waals surface area contributed by atoms with Gasteiger partial charge in [0.15, 0.2) is 6.61 Å². The first-order valence-electron chi connectivity index (χ1n) is 7.70. The van der Waals surface area contributed by atoms with Crippen molar-refractivity contribution in [2.75, 3.05) is 11.9 Å². The van der Waals surface area contributed by atoms with E-state index in [4.69, 9.17) is 4.74 Å². The molecule has 1 atom stereocenters. The Bertz CT molecular complexity index is 761. The van der Waals surface area contributed by atoms with E-state index in [9.17, 15) is 19.7 Å². The van der Waals surface area contributed by atoms with Crippen molar-refractivity contribution in [3.63, 3.8) is 0 Å². The van der Waals surface area contributed by atoms with Crippen LogP contribution in [0.15, 0.2) is 54.6 Å². The number of nitrogens with one attached hydrogen (secondary N) is 1. The monoisotopic (exact) mass is 342 g/mol. The third-order valence-electron chi connectivity index (χ3n) is 3.55. The molecule has 0 heterocycles. The van der Waals surface area contributed by atoms with Crippen LogP contribution < -0.4 is 5.32 Å². The fourth-order valence-electron chi connectivity index (χ4n) is 2.25. The number of nitrogens with zero attached hydrogens (tertiary/aromatic N) is 1. The summed E-state index contributed by atoms with van der Waals surface area (Å²) in [5.74, 6) is -1.06. The van der Waals surface area contributed by atoms with E-state index in [-0.39, 0.29) is 23.7 Å². The molecule has 0 aliphatic heterocycles. The second-order valence-electron chi connectivity index (χ2n) is 5.53. The van der Waals surface area contributed by atoms with E-state index >= 15 is 0 Å². The lowest BCUT2D eigenvalue weighted by Crippen LogP contribution is -2.21. The number of benzene rings is 2. The molecule has 130 valence electrons. The largest absolute Gasteiger partial charge is 0.456 e. The van der Waals surface area contributed by atoms with Gasteiger partial charge in [0.1, 0.15) is 0 Å². The summed E-state index contributed by atoms with van der Waals surface area (Å²) < 4.78 is 4.96. The summed E-state index contributed by atoms with van der Waals surface area (Å²) in [6, 6.07) is 15.1. The summed E-state index contributed by atoms with van der Waals surface area (Å²) in [5.41, 5.74) is 1.15. The summed E-state index contributed by atoms with van der Waals surface area (Å²) in [4.78, 5) is 33.8. The van der Waals surface area contributed by atoms with Crippen molar-refractivity contribution in [1.82, 2.24) is 0 Å². The number of anilines is 1. The second-order valence-corrected chi connectivity index (χ2v) is 5.53. The van der Waals surface area contributed by atoms with Gasteiger partial charge in [-0.05, 0) is 17.5 Å². The minimum absolute atomic E-state index is 0.0199. The van der Waals surface area contributed by atoms with Crippen LogP contribution in [0, 0.1) is 10.1 Å². The molecule has 2 rings (SSSR count). The van der Waals surface area contributed by atoms with Gasteiger partial charge in [0.25, 0.3) is 11.6 Å². The average Bonchev–Trinajstić information content (AvgIpc) is 2.61. The Morgan fingerprint density at radius 2 is 1.88 bits per heavy atom. The quantitative estimate of drug-likeness (QED) is 0.473. The molecule has 0 saturated heterocycles. The number of esters is 1. The zero-order valence-electron chi connectivity index (χ0n) is 13.7. The number of amides is 1. The van der Waals surface area contributed by atoms with Crippen LogP contribution in [0.2, 0.25) is 0 Å². The third-order valence-corrected chi connectivity index (χ3v) is 3.55. The number of carbonyl (C=O) groups excluding carboxylic acids is 2. The molecule has 0 bridgehead atoms. The van der Waals surface area contributed by atoms with Gasteiger partial charge in [-0.1, -0.05) is 43.3 Å². The average molecular weight is 342 g/mol. The van der Waals surface area contributed by atoms with Gasteiger partial charge < -0.3 is 10.1 Å². The van der Waals surface area contributed by atoms with Crippen molar-refractivity contribution in [3.8, 4) is 0 Å². The fraction of sp³-hybridized carbons (Fsp3) is 0.222. The van der Waals surface area contributed by atoms with Gasteiger partial charge >= 0.3 is 5.97 Å². The Morgan fingerprint density at radius 3 is 2.56 bits per heavy atom. The third kappa shape index (κ3) is 5.72. The molecule has 2 aromatic carbocycles. The summed E-state index contributed by atoms with van der Waals surface area (Å²) in [6.45, 7) is 1.46. The van der Waals surface area contributed by atoms with Gasteiger partial charge in [-0.25, -0.2) is 0 Å². The molecule has 7 heteroatoms. The number of ether oxygens (including phenoxy) is 1. The fourth-order valence-corrected chi connectivity index (χ4v) is 2.25. The summed E-state index contributed by atoms with van der Waals surface area (Å²) >= 11 is 0. The molecule has 25 heavy (non-hydrogen) atoms. The van der Waals surface area contributed by atoms with Crippen molar-refractivity contribution in [2.45, 2.75) is 19.3 Å².